The molecule has 0 heterocycles. The largest absolute Gasteiger partial charge is 0.486 e. The van der Waals surface area contributed by atoms with Crippen LogP contribution in [0.1, 0.15) is 29.7 Å². The Balaban J connectivity index is 1.75. The molecule has 7 heteroatoms. The van der Waals surface area contributed by atoms with Crippen LogP contribution in [0.25, 0.3) is 6.08 Å². The molecule has 0 spiro atoms. The van der Waals surface area contributed by atoms with E-state index in [0.717, 1.165) is 11.1 Å². The summed E-state index contributed by atoms with van der Waals surface area (Å²) in [7, 11) is 0. The number of halogens is 3. The van der Waals surface area contributed by atoms with Crippen LogP contribution in [-0.2, 0) is 11.4 Å². The Hall–Kier alpha value is -2.59. The molecule has 0 radical (unpaired) electrons. The van der Waals surface area contributed by atoms with E-state index in [2.05, 4.69) is 37.2 Å². The van der Waals surface area contributed by atoms with Crippen LogP contribution in [0.5, 0.6) is 5.75 Å². The van der Waals surface area contributed by atoms with Gasteiger partial charge in [-0.25, -0.2) is 0 Å². The first-order valence-corrected chi connectivity index (χ1v) is 11.7. The Labute approximate surface area is 209 Å². The maximum Gasteiger partial charge on any atom is 0.262 e. The first kappa shape index (κ1) is 24.1. The lowest BCUT2D eigenvalue weighted by Gasteiger charge is -2.14. The van der Waals surface area contributed by atoms with Crippen molar-refractivity contribution in [1.29, 1.82) is 5.26 Å². The second kappa shape index (κ2) is 11.3. The van der Waals surface area contributed by atoms with Gasteiger partial charge < -0.3 is 10.1 Å². The summed E-state index contributed by atoms with van der Waals surface area (Å²) >= 11 is 13.2. The third-order valence-electron chi connectivity index (χ3n) is 4.67. The predicted octanol–water partition coefficient (Wildman–Crippen LogP) is 7.23. The molecule has 0 unspecified atom stereocenters. The van der Waals surface area contributed by atoms with Crippen LogP contribution in [0.4, 0.5) is 0 Å². The highest BCUT2D eigenvalue weighted by molar-refractivity contribution is 9.11. The van der Waals surface area contributed by atoms with E-state index in [4.69, 9.17) is 16.3 Å². The molecule has 3 aromatic carbocycles. The minimum atomic E-state index is -0.435. The Morgan fingerprint density at radius 3 is 2.38 bits per heavy atom. The zero-order chi connectivity index (χ0) is 23.1. The second-order valence-electron chi connectivity index (χ2n) is 6.97. The van der Waals surface area contributed by atoms with Gasteiger partial charge in [-0.05, 0) is 74.2 Å². The number of nitriles is 1. The minimum absolute atomic E-state index is 0.0105. The van der Waals surface area contributed by atoms with Crippen LogP contribution in [0.15, 0.2) is 81.2 Å². The molecule has 0 aromatic heterocycles. The molecule has 3 rings (SSSR count). The van der Waals surface area contributed by atoms with Gasteiger partial charge in [0.1, 0.15) is 24.0 Å². The number of ether oxygens (including phenoxy) is 1. The lowest BCUT2D eigenvalue weighted by atomic mass is 10.1. The van der Waals surface area contributed by atoms with E-state index in [1.54, 1.807) is 18.2 Å². The first-order chi connectivity index (χ1) is 15.4. The highest BCUT2D eigenvalue weighted by Gasteiger charge is 2.15. The van der Waals surface area contributed by atoms with Gasteiger partial charge in [0.05, 0.1) is 15.0 Å². The number of nitrogens with zero attached hydrogens (tertiary/aromatic N) is 1. The summed E-state index contributed by atoms with van der Waals surface area (Å²) in [5, 5.41) is 13.0. The summed E-state index contributed by atoms with van der Waals surface area (Å²) in [4.78, 5) is 12.6. The predicted molar refractivity (Wildman–Crippen MR) is 134 cm³/mol. The van der Waals surface area contributed by atoms with Crippen molar-refractivity contribution >= 4 is 55.4 Å². The van der Waals surface area contributed by atoms with Crippen molar-refractivity contribution in [2.24, 2.45) is 0 Å². The van der Waals surface area contributed by atoms with Crippen molar-refractivity contribution in [2.75, 3.05) is 0 Å². The van der Waals surface area contributed by atoms with Gasteiger partial charge in [-0.15, -0.1) is 0 Å². The van der Waals surface area contributed by atoms with E-state index in [1.807, 2.05) is 67.6 Å². The van der Waals surface area contributed by atoms with Crippen molar-refractivity contribution < 1.29 is 9.53 Å². The van der Waals surface area contributed by atoms with Gasteiger partial charge in [0.25, 0.3) is 5.91 Å². The van der Waals surface area contributed by atoms with Gasteiger partial charge in [-0.3, -0.25) is 4.79 Å². The molecule has 1 atom stereocenters. The summed E-state index contributed by atoms with van der Waals surface area (Å²) in [6, 6.07) is 22.4. The van der Waals surface area contributed by atoms with E-state index in [1.165, 1.54) is 0 Å². The Morgan fingerprint density at radius 2 is 1.75 bits per heavy atom. The molecule has 0 aliphatic rings. The van der Waals surface area contributed by atoms with Crippen LogP contribution < -0.4 is 10.1 Å². The number of rotatable bonds is 7. The molecule has 0 fully saturated rings. The van der Waals surface area contributed by atoms with Crippen molar-refractivity contribution in [3.8, 4) is 11.8 Å². The average Bonchev–Trinajstić information content (AvgIpc) is 2.78. The summed E-state index contributed by atoms with van der Waals surface area (Å²) < 4.78 is 7.29. The number of carbonyl (C=O) groups excluding carboxylic acids is 1. The normalized spacial score (nSPS) is 12.0. The average molecular weight is 575 g/mol. The zero-order valence-electron chi connectivity index (χ0n) is 17.1. The maximum atomic E-state index is 12.6. The van der Waals surface area contributed by atoms with E-state index < -0.39 is 5.91 Å². The van der Waals surface area contributed by atoms with Gasteiger partial charge >= 0.3 is 0 Å². The van der Waals surface area contributed by atoms with Crippen LogP contribution >= 0.6 is 43.5 Å². The Kier molecular flexibility index (Phi) is 8.52. The van der Waals surface area contributed by atoms with Gasteiger partial charge in [-0.2, -0.15) is 5.26 Å². The SMILES string of the molecule is C[C@H](NC(=O)/C(C#N)=C\c1cc(Br)c(OCc2ccccc2Cl)c(Br)c1)c1ccccc1. The molecule has 1 N–H and O–H groups in total. The molecule has 1 amide bonds. The zero-order valence-corrected chi connectivity index (χ0v) is 21.0. The second-order valence-corrected chi connectivity index (χ2v) is 9.09. The standard InChI is InChI=1S/C25H19Br2ClN2O2/c1-16(18-7-3-2-4-8-18)30-25(31)20(14-29)11-17-12-21(26)24(22(27)13-17)32-15-19-9-5-6-10-23(19)28/h2-13,16H,15H2,1H3,(H,30,31)/b20-11-/t16-/m0/s1. The van der Waals surface area contributed by atoms with Crippen LogP contribution in [0.2, 0.25) is 5.02 Å². The van der Waals surface area contributed by atoms with Crippen LogP contribution in [0, 0.1) is 11.3 Å². The minimum Gasteiger partial charge on any atom is -0.486 e. The molecule has 0 bridgehead atoms. The number of nitrogens with one attached hydrogen (secondary N) is 1. The highest BCUT2D eigenvalue weighted by atomic mass is 79.9. The maximum absolute atomic E-state index is 12.6. The van der Waals surface area contributed by atoms with Crippen molar-refractivity contribution in [3.05, 3.63) is 103 Å². The molecule has 0 aliphatic carbocycles. The van der Waals surface area contributed by atoms with Crippen molar-refractivity contribution in [1.82, 2.24) is 5.32 Å². The summed E-state index contributed by atoms with van der Waals surface area (Å²) in [5.74, 6) is 0.165. The summed E-state index contributed by atoms with van der Waals surface area (Å²) in [5.41, 5.74) is 2.51. The van der Waals surface area contributed by atoms with E-state index in [0.29, 0.717) is 31.9 Å². The molecular weight excluding hydrogens is 556 g/mol. The molecule has 162 valence electrons. The van der Waals surface area contributed by atoms with Gasteiger partial charge in [-0.1, -0.05) is 60.1 Å². The summed E-state index contributed by atoms with van der Waals surface area (Å²) in [6.45, 7) is 2.18. The smallest absolute Gasteiger partial charge is 0.262 e. The number of carbonyl (C=O) groups is 1. The molecule has 0 aliphatic heterocycles. The van der Waals surface area contributed by atoms with Crippen LogP contribution in [-0.4, -0.2) is 5.91 Å². The Bertz CT molecular complexity index is 1170. The molecule has 4 nitrogen and oxygen atoms in total. The first-order valence-electron chi connectivity index (χ1n) is 9.72. The molecule has 0 saturated heterocycles. The van der Waals surface area contributed by atoms with Gasteiger partial charge in [0.2, 0.25) is 0 Å². The van der Waals surface area contributed by atoms with Crippen molar-refractivity contribution in [2.45, 2.75) is 19.6 Å². The fraction of sp³-hybridized carbons (Fsp3) is 0.120. The van der Waals surface area contributed by atoms with Crippen molar-refractivity contribution in [3.63, 3.8) is 0 Å². The monoisotopic (exact) mass is 572 g/mol. The molecule has 32 heavy (non-hydrogen) atoms. The van der Waals surface area contributed by atoms with E-state index in [9.17, 15) is 10.1 Å². The number of hydrogen-bond donors (Lipinski definition) is 1. The van der Waals surface area contributed by atoms with E-state index >= 15 is 0 Å². The molecule has 0 saturated carbocycles. The van der Waals surface area contributed by atoms with Gasteiger partial charge in [0, 0.05) is 10.6 Å². The topological polar surface area (TPSA) is 62.1 Å². The lowest BCUT2D eigenvalue weighted by Crippen LogP contribution is -2.27. The third-order valence-corrected chi connectivity index (χ3v) is 6.22. The quantitative estimate of drug-likeness (QED) is 0.239. The van der Waals surface area contributed by atoms with Crippen LogP contribution in [0.3, 0.4) is 0 Å². The summed E-state index contributed by atoms with van der Waals surface area (Å²) in [6.07, 6.45) is 1.54. The number of benzene rings is 3. The highest BCUT2D eigenvalue weighted by Crippen LogP contribution is 2.36. The van der Waals surface area contributed by atoms with Gasteiger partial charge in [0.15, 0.2) is 0 Å². The number of amides is 1. The molecular formula is C25H19Br2ClN2O2. The number of hydrogen-bond acceptors (Lipinski definition) is 3. The fourth-order valence-corrected chi connectivity index (χ4v) is 4.62. The molecule has 3 aromatic rings. The third kappa shape index (κ3) is 6.23. The fourth-order valence-electron chi connectivity index (χ4n) is 2.98. The lowest BCUT2D eigenvalue weighted by molar-refractivity contribution is -0.117. The van der Waals surface area contributed by atoms with E-state index in [-0.39, 0.29) is 11.6 Å². The Morgan fingerprint density at radius 1 is 1.12 bits per heavy atom.